The molecular formula is C18H21BrN2O3S. The Morgan fingerprint density at radius 3 is 2.36 bits per heavy atom. The molecule has 0 fully saturated rings. The molecule has 0 aliphatic carbocycles. The molecule has 0 saturated heterocycles. The van der Waals surface area contributed by atoms with E-state index in [-0.39, 0.29) is 16.8 Å². The summed E-state index contributed by atoms with van der Waals surface area (Å²) in [6.07, 6.45) is 0.701. The maximum absolute atomic E-state index is 12.3. The fraction of sp³-hybridized carbons (Fsp3) is 0.278. The molecule has 7 heteroatoms. The summed E-state index contributed by atoms with van der Waals surface area (Å²) in [6, 6.07) is 11.3. The van der Waals surface area contributed by atoms with Crippen LogP contribution in [0.25, 0.3) is 0 Å². The number of hydrogen-bond acceptors (Lipinski definition) is 3. The molecule has 0 spiro atoms. The lowest BCUT2D eigenvalue weighted by atomic mass is 10.2. The Hall–Kier alpha value is -1.70. The Bertz CT molecular complexity index is 864. The van der Waals surface area contributed by atoms with Crippen LogP contribution in [0.15, 0.2) is 51.8 Å². The van der Waals surface area contributed by atoms with Gasteiger partial charge in [0, 0.05) is 21.8 Å². The van der Waals surface area contributed by atoms with Crippen molar-refractivity contribution in [1.82, 2.24) is 4.72 Å². The zero-order chi connectivity index (χ0) is 18.6. The van der Waals surface area contributed by atoms with Crippen molar-refractivity contribution < 1.29 is 13.2 Å². The maximum atomic E-state index is 12.3. The van der Waals surface area contributed by atoms with Crippen LogP contribution < -0.4 is 10.0 Å². The molecular weight excluding hydrogens is 404 g/mol. The lowest BCUT2D eigenvalue weighted by Crippen LogP contribution is -2.32. The van der Waals surface area contributed by atoms with Crippen LogP contribution in [0.1, 0.15) is 36.2 Å². The van der Waals surface area contributed by atoms with E-state index in [4.69, 9.17) is 0 Å². The molecule has 0 aliphatic rings. The van der Waals surface area contributed by atoms with E-state index in [1.54, 1.807) is 13.0 Å². The zero-order valence-corrected chi connectivity index (χ0v) is 16.7. The molecule has 0 radical (unpaired) electrons. The summed E-state index contributed by atoms with van der Waals surface area (Å²) < 4.78 is 28.0. The average Bonchev–Trinajstić information content (AvgIpc) is 2.57. The second-order valence-corrected chi connectivity index (χ2v) is 8.44. The fourth-order valence-corrected chi connectivity index (χ4v) is 3.70. The largest absolute Gasteiger partial charge is 0.322 e. The van der Waals surface area contributed by atoms with E-state index in [1.165, 1.54) is 24.3 Å². The number of carbonyl (C=O) groups excluding carboxylic acids is 1. The van der Waals surface area contributed by atoms with Gasteiger partial charge >= 0.3 is 0 Å². The number of aryl methyl sites for hydroxylation is 1. The standard InChI is InChI=1S/C18H21BrN2O3S/c1-4-13(3)21-25(23,24)16-8-5-14(6-9-16)18(22)20-15-7-10-17(19)12(2)11-15/h5-11,13,21H,4H2,1-3H3,(H,20,22). The van der Waals surface area contributed by atoms with Gasteiger partial charge in [-0.25, -0.2) is 13.1 Å². The summed E-state index contributed by atoms with van der Waals surface area (Å²) in [4.78, 5) is 12.4. The number of amides is 1. The molecule has 1 unspecified atom stereocenters. The summed E-state index contributed by atoms with van der Waals surface area (Å²) in [5, 5.41) is 2.80. The van der Waals surface area contributed by atoms with Crippen LogP contribution in [0.5, 0.6) is 0 Å². The summed E-state index contributed by atoms with van der Waals surface area (Å²) in [6.45, 7) is 5.65. The van der Waals surface area contributed by atoms with E-state index >= 15 is 0 Å². The Labute approximate surface area is 157 Å². The molecule has 2 aromatic carbocycles. The fourth-order valence-electron chi connectivity index (χ4n) is 2.13. The lowest BCUT2D eigenvalue weighted by molar-refractivity contribution is 0.102. The predicted octanol–water partition coefficient (Wildman–Crippen LogP) is 4.09. The Morgan fingerprint density at radius 2 is 1.80 bits per heavy atom. The monoisotopic (exact) mass is 424 g/mol. The van der Waals surface area contributed by atoms with Gasteiger partial charge < -0.3 is 5.32 Å². The smallest absolute Gasteiger partial charge is 0.255 e. The third-order valence-electron chi connectivity index (χ3n) is 3.81. The number of halogens is 1. The number of sulfonamides is 1. The van der Waals surface area contributed by atoms with Crippen molar-refractivity contribution >= 4 is 37.5 Å². The van der Waals surface area contributed by atoms with Crippen LogP contribution in [-0.4, -0.2) is 20.4 Å². The molecule has 2 aromatic rings. The third-order valence-corrected chi connectivity index (χ3v) is 6.31. The van der Waals surface area contributed by atoms with Gasteiger partial charge in [-0.1, -0.05) is 22.9 Å². The number of carbonyl (C=O) groups is 1. The second-order valence-electron chi connectivity index (χ2n) is 5.87. The van der Waals surface area contributed by atoms with Gasteiger partial charge in [0.15, 0.2) is 0 Å². The normalized spacial score (nSPS) is 12.6. The molecule has 1 atom stereocenters. The highest BCUT2D eigenvalue weighted by Crippen LogP contribution is 2.21. The molecule has 0 bridgehead atoms. The zero-order valence-electron chi connectivity index (χ0n) is 14.3. The van der Waals surface area contributed by atoms with Crippen LogP contribution in [0, 0.1) is 6.92 Å². The average molecular weight is 425 g/mol. The van der Waals surface area contributed by atoms with Crippen molar-refractivity contribution in [2.24, 2.45) is 0 Å². The molecule has 25 heavy (non-hydrogen) atoms. The Morgan fingerprint density at radius 1 is 1.16 bits per heavy atom. The van der Waals surface area contributed by atoms with Gasteiger partial charge in [0.05, 0.1) is 4.90 Å². The van der Waals surface area contributed by atoms with Gasteiger partial charge in [0.1, 0.15) is 0 Å². The molecule has 0 heterocycles. The third kappa shape index (κ3) is 5.14. The van der Waals surface area contributed by atoms with Gasteiger partial charge in [-0.05, 0) is 68.3 Å². The summed E-state index contributed by atoms with van der Waals surface area (Å²) in [5.41, 5.74) is 2.08. The molecule has 1 amide bonds. The van der Waals surface area contributed by atoms with E-state index < -0.39 is 10.0 Å². The first-order valence-corrected chi connectivity index (χ1v) is 10.2. The number of anilines is 1. The van der Waals surface area contributed by atoms with Crippen LogP contribution in [0.3, 0.4) is 0 Å². The number of benzene rings is 2. The van der Waals surface area contributed by atoms with Crippen molar-refractivity contribution in [3.05, 3.63) is 58.1 Å². The van der Waals surface area contributed by atoms with E-state index in [0.29, 0.717) is 17.7 Å². The van der Waals surface area contributed by atoms with Gasteiger partial charge in [-0.15, -0.1) is 0 Å². The molecule has 2 rings (SSSR count). The number of hydrogen-bond donors (Lipinski definition) is 2. The topological polar surface area (TPSA) is 75.3 Å². The first-order valence-electron chi connectivity index (χ1n) is 7.93. The van der Waals surface area contributed by atoms with E-state index in [1.807, 2.05) is 26.0 Å². The van der Waals surface area contributed by atoms with Crippen LogP contribution in [-0.2, 0) is 10.0 Å². The van der Waals surface area contributed by atoms with Crippen LogP contribution >= 0.6 is 15.9 Å². The van der Waals surface area contributed by atoms with E-state index in [2.05, 4.69) is 26.0 Å². The second kappa shape index (κ2) is 8.12. The highest BCUT2D eigenvalue weighted by molar-refractivity contribution is 9.10. The first kappa shape index (κ1) is 19.6. The first-order chi connectivity index (χ1) is 11.7. The predicted molar refractivity (Wildman–Crippen MR) is 103 cm³/mol. The summed E-state index contributed by atoms with van der Waals surface area (Å²) >= 11 is 3.41. The van der Waals surface area contributed by atoms with Crippen LogP contribution in [0.2, 0.25) is 0 Å². The van der Waals surface area contributed by atoms with Gasteiger partial charge in [0.2, 0.25) is 10.0 Å². The van der Waals surface area contributed by atoms with E-state index in [9.17, 15) is 13.2 Å². The minimum absolute atomic E-state index is 0.142. The van der Waals surface area contributed by atoms with Gasteiger partial charge in [-0.2, -0.15) is 0 Å². The van der Waals surface area contributed by atoms with Crippen molar-refractivity contribution in [3.8, 4) is 0 Å². The molecule has 5 nitrogen and oxygen atoms in total. The molecule has 2 N–H and O–H groups in total. The van der Waals surface area contributed by atoms with E-state index in [0.717, 1.165) is 10.0 Å². The number of nitrogens with one attached hydrogen (secondary N) is 2. The lowest BCUT2D eigenvalue weighted by Gasteiger charge is -2.12. The molecule has 134 valence electrons. The highest BCUT2D eigenvalue weighted by Gasteiger charge is 2.17. The molecule has 0 saturated carbocycles. The highest BCUT2D eigenvalue weighted by atomic mass is 79.9. The van der Waals surface area contributed by atoms with Crippen molar-refractivity contribution in [1.29, 1.82) is 0 Å². The van der Waals surface area contributed by atoms with Crippen molar-refractivity contribution in [2.45, 2.75) is 38.1 Å². The summed E-state index contributed by atoms with van der Waals surface area (Å²) in [7, 11) is -3.57. The Kier molecular flexibility index (Phi) is 6.37. The van der Waals surface area contributed by atoms with Crippen molar-refractivity contribution in [3.63, 3.8) is 0 Å². The van der Waals surface area contributed by atoms with Crippen molar-refractivity contribution in [2.75, 3.05) is 5.32 Å². The molecule has 0 aromatic heterocycles. The minimum atomic E-state index is -3.57. The van der Waals surface area contributed by atoms with Gasteiger partial charge in [-0.3, -0.25) is 4.79 Å². The summed E-state index contributed by atoms with van der Waals surface area (Å²) in [5.74, 6) is -0.291. The Balaban J connectivity index is 2.13. The quantitative estimate of drug-likeness (QED) is 0.732. The van der Waals surface area contributed by atoms with Crippen LogP contribution in [0.4, 0.5) is 5.69 Å². The SMILES string of the molecule is CCC(C)NS(=O)(=O)c1ccc(C(=O)Nc2ccc(Br)c(C)c2)cc1. The van der Waals surface area contributed by atoms with Gasteiger partial charge in [0.25, 0.3) is 5.91 Å². The number of rotatable bonds is 6. The maximum Gasteiger partial charge on any atom is 0.255 e. The minimum Gasteiger partial charge on any atom is -0.322 e. The molecule has 0 aliphatic heterocycles.